The molecular weight excluding hydrogens is 252 g/mol. The van der Waals surface area contributed by atoms with Gasteiger partial charge in [0, 0.05) is 18.5 Å². The molecule has 0 aromatic heterocycles. The van der Waals surface area contributed by atoms with Crippen molar-refractivity contribution in [3.05, 3.63) is 29.8 Å². The van der Waals surface area contributed by atoms with Crippen molar-refractivity contribution in [3.63, 3.8) is 0 Å². The molecule has 1 atom stereocenters. The van der Waals surface area contributed by atoms with Crippen LogP contribution in [0.4, 0.5) is 5.69 Å². The molecule has 0 fully saturated rings. The number of Topliss-reactive ketones (excluding diaryl/α,β-unsaturated/α-hetero) is 1. The Morgan fingerprint density at radius 3 is 2.72 bits per heavy atom. The summed E-state index contributed by atoms with van der Waals surface area (Å²) in [6, 6.07) is 8.51. The van der Waals surface area contributed by atoms with E-state index in [1.54, 1.807) is 24.3 Å². The second-order valence-electron chi connectivity index (χ2n) is 4.23. The van der Waals surface area contributed by atoms with E-state index in [2.05, 4.69) is 0 Å². The van der Waals surface area contributed by atoms with Crippen LogP contribution in [-0.4, -0.2) is 27.0 Å². The average molecular weight is 264 g/mol. The molecule has 0 radical (unpaired) electrons. The van der Waals surface area contributed by atoms with Gasteiger partial charge >= 0.3 is 0 Å². The third kappa shape index (κ3) is 2.09. The largest absolute Gasteiger partial charge is 0.294 e. The molecule has 1 aliphatic rings. The van der Waals surface area contributed by atoms with Gasteiger partial charge in [0.1, 0.15) is 0 Å². The highest BCUT2D eigenvalue weighted by Gasteiger charge is 2.35. The standard InChI is InChI=1S/C12H12N2O3S/c1-18(16,17)14-8-9(6-7-13)12(15)10-4-2-3-5-11(10)14/h2-5,9H,6,8H2,1H3. The highest BCUT2D eigenvalue weighted by molar-refractivity contribution is 7.92. The fourth-order valence-electron chi connectivity index (χ4n) is 2.08. The van der Waals surface area contributed by atoms with Gasteiger partial charge in [-0.15, -0.1) is 0 Å². The summed E-state index contributed by atoms with van der Waals surface area (Å²) in [5.74, 6) is -0.744. The highest BCUT2D eigenvalue weighted by Crippen LogP contribution is 2.32. The fraction of sp³-hybridized carbons (Fsp3) is 0.333. The number of rotatable bonds is 2. The minimum atomic E-state index is -3.44. The van der Waals surface area contributed by atoms with Gasteiger partial charge in [0.2, 0.25) is 10.0 Å². The summed E-state index contributed by atoms with van der Waals surface area (Å²) in [7, 11) is -3.44. The van der Waals surface area contributed by atoms with Crippen LogP contribution in [0.5, 0.6) is 0 Å². The number of hydrogen-bond donors (Lipinski definition) is 0. The minimum Gasteiger partial charge on any atom is -0.294 e. The van der Waals surface area contributed by atoms with Crippen molar-refractivity contribution in [2.24, 2.45) is 5.92 Å². The summed E-state index contributed by atoms with van der Waals surface area (Å²) < 4.78 is 24.7. The van der Waals surface area contributed by atoms with E-state index in [1.165, 1.54) is 4.31 Å². The number of nitrogens with zero attached hydrogens (tertiary/aromatic N) is 2. The number of carbonyl (C=O) groups is 1. The summed E-state index contributed by atoms with van der Waals surface area (Å²) in [6.07, 6.45) is 1.13. The normalized spacial score (nSPS) is 19.2. The average Bonchev–Trinajstić information content (AvgIpc) is 2.31. The quantitative estimate of drug-likeness (QED) is 0.803. The van der Waals surface area contributed by atoms with E-state index in [1.807, 2.05) is 6.07 Å². The Balaban J connectivity index is 2.56. The predicted octanol–water partition coefficient (Wildman–Crippen LogP) is 1.18. The maximum atomic E-state index is 12.1. The molecule has 0 aliphatic carbocycles. The van der Waals surface area contributed by atoms with Gasteiger partial charge in [0.25, 0.3) is 0 Å². The number of carbonyl (C=O) groups excluding carboxylic acids is 1. The smallest absolute Gasteiger partial charge is 0.232 e. The van der Waals surface area contributed by atoms with Crippen molar-refractivity contribution in [1.29, 1.82) is 5.26 Å². The second kappa shape index (κ2) is 4.42. The van der Waals surface area contributed by atoms with Crippen LogP contribution in [-0.2, 0) is 10.0 Å². The summed E-state index contributed by atoms with van der Waals surface area (Å²) in [5, 5.41) is 8.70. The molecule has 1 aromatic rings. The van der Waals surface area contributed by atoms with Crippen molar-refractivity contribution in [2.75, 3.05) is 17.1 Å². The van der Waals surface area contributed by atoms with Crippen LogP contribution in [0.3, 0.4) is 0 Å². The number of para-hydroxylation sites is 1. The van der Waals surface area contributed by atoms with E-state index >= 15 is 0 Å². The van der Waals surface area contributed by atoms with Crippen molar-refractivity contribution in [2.45, 2.75) is 6.42 Å². The molecule has 1 unspecified atom stereocenters. The number of ketones is 1. The molecule has 0 N–H and O–H groups in total. The second-order valence-corrected chi connectivity index (χ2v) is 6.14. The highest BCUT2D eigenvalue weighted by atomic mass is 32.2. The molecule has 0 spiro atoms. The van der Waals surface area contributed by atoms with Gasteiger partial charge < -0.3 is 0 Å². The Bertz CT molecular complexity index is 631. The summed E-state index contributed by atoms with van der Waals surface area (Å²) >= 11 is 0. The van der Waals surface area contributed by atoms with Gasteiger partial charge in [-0.3, -0.25) is 9.10 Å². The minimum absolute atomic E-state index is 0.0270. The molecular formula is C12H12N2O3S. The van der Waals surface area contributed by atoms with Crippen molar-refractivity contribution in [3.8, 4) is 6.07 Å². The Hall–Kier alpha value is -1.87. The van der Waals surface area contributed by atoms with E-state index in [0.29, 0.717) is 11.3 Å². The molecule has 5 nitrogen and oxygen atoms in total. The summed E-state index contributed by atoms with van der Waals surface area (Å²) in [4.78, 5) is 12.1. The zero-order valence-electron chi connectivity index (χ0n) is 9.83. The van der Waals surface area contributed by atoms with Gasteiger partial charge in [-0.2, -0.15) is 5.26 Å². The van der Waals surface area contributed by atoms with Gasteiger partial charge in [0.05, 0.1) is 23.9 Å². The molecule has 2 rings (SSSR count). The third-order valence-corrected chi connectivity index (χ3v) is 4.08. The molecule has 0 saturated carbocycles. The SMILES string of the molecule is CS(=O)(=O)N1CC(CC#N)C(=O)c2ccccc21. The van der Waals surface area contributed by atoms with Gasteiger partial charge in [-0.05, 0) is 12.1 Å². The van der Waals surface area contributed by atoms with Gasteiger partial charge in [-0.1, -0.05) is 12.1 Å². The number of sulfonamides is 1. The molecule has 94 valence electrons. The maximum absolute atomic E-state index is 12.1. The Labute approximate surface area is 106 Å². The van der Waals surface area contributed by atoms with E-state index in [-0.39, 0.29) is 18.7 Å². The van der Waals surface area contributed by atoms with Crippen LogP contribution in [0, 0.1) is 17.2 Å². The lowest BCUT2D eigenvalue weighted by atomic mass is 9.90. The van der Waals surface area contributed by atoms with Crippen LogP contribution >= 0.6 is 0 Å². The van der Waals surface area contributed by atoms with E-state index in [9.17, 15) is 13.2 Å². The predicted molar refractivity (Wildman–Crippen MR) is 66.7 cm³/mol. The van der Waals surface area contributed by atoms with Crippen LogP contribution in [0.15, 0.2) is 24.3 Å². The third-order valence-electron chi connectivity index (χ3n) is 2.93. The lowest BCUT2D eigenvalue weighted by Gasteiger charge is -2.32. The van der Waals surface area contributed by atoms with E-state index < -0.39 is 15.9 Å². The zero-order chi connectivity index (χ0) is 13.3. The number of nitriles is 1. The first-order valence-electron chi connectivity index (χ1n) is 5.43. The van der Waals surface area contributed by atoms with Crippen molar-refractivity contribution in [1.82, 2.24) is 0 Å². The first kappa shape index (κ1) is 12.6. The Kier molecular flexibility index (Phi) is 3.09. The van der Waals surface area contributed by atoms with Gasteiger partial charge in [0.15, 0.2) is 5.78 Å². The number of hydrogen-bond acceptors (Lipinski definition) is 4. The van der Waals surface area contributed by atoms with Crippen molar-refractivity contribution >= 4 is 21.5 Å². The lowest BCUT2D eigenvalue weighted by molar-refractivity contribution is 0.0921. The lowest BCUT2D eigenvalue weighted by Crippen LogP contribution is -2.42. The Morgan fingerprint density at radius 2 is 2.11 bits per heavy atom. The van der Waals surface area contributed by atoms with E-state index in [4.69, 9.17) is 5.26 Å². The molecule has 1 aromatic carbocycles. The summed E-state index contributed by atoms with van der Waals surface area (Å²) in [6.45, 7) is 0.0439. The van der Waals surface area contributed by atoms with Crippen LogP contribution < -0.4 is 4.31 Å². The maximum Gasteiger partial charge on any atom is 0.232 e. The Morgan fingerprint density at radius 1 is 1.44 bits per heavy atom. The number of benzene rings is 1. The molecule has 6 heteroatoms. The van der Waals surface area contributed by atoms with Crippen molar-refractivity contribution < 1.29 is 13.2 Å². The monoisotopic (exact) mass is 264 g/mol. The summed E-state index contributed by atoms with van der Waals surface area (Å²) in [5.41, 5.74) is 0.772. The molecule has 1 aliphatic heterocycles. The zero-order valence-corrected chi connectivity index (χ0v) is 10.6. The van der Waals surface area contributed by atoms with E-state index in [0.717, 1.165) is 6.26 Å². The number of anilines is 1. The van der Waals surface area contributed by atoms with Crippen LogP contribution in [0.25, 0.3) is 0 Å². The fourth-order valence-corrected chi connectivity index (χ4v) is 3.05. The first-order chi connectivity index (χ1) is 8.45. The molecule has 18 heavy (non-hydrogen) atoms. The molecule has 1 heterocycles. The molecule has 0 amide bonds. The topological polar surface area (TPSA) is 78.2 Å². The molecule has 0 saturated heterocycles. The molecule has 0 bridgehead atoms. The van der Waals surface area contributed by atoms with Crippen LogP contribution in [0.1, 0.15) is 16.8 Å². The van der Waals surface area contributed by atoms with Crippen LogP contribution in [0.2, 0.25) is 0 Å². The number of fused-ring (bicyclic) bond motifs is 1. The first-order valence-corrected chi connectivity index (χ1v) is 7.28. The van der Waals surface area contributed by atoms with Gasteiger partial charge in [-0.25, -0.2) is 8.42 Å².